The van der Waals surface area contributed by atoms with Gasteiger partial charge in [0.15, 0.2) is 0 Å². The average molecular weight is 270 g/mol. The van der Waals surface area contributed by atoms with Crippen LogP contribution in [0.2, 0.25) is 0 Å². The molecule has 0 aliphatic rings. The summed E-state index contributed by atoms with van der Waals surface area (Å²) in [5.41, 5.74) is 10.8. The van der Waals surface area contributed by atoms with Crippen molar-refractivity contribution in [3.05, 3.63) is 35.9 Å². The van der Waals surface area contributed by atoms with Gasteiger partial charge in [0, 0.05) is 0 Å². The van der Waals surface area contributed by atoms with E-state index in [9.17, 15) is 15.0 Å². The van der Waals surface area contributed by atoms with Crippen molar-refractivity contribution < 1.29 is 19.7 Å². The number of primary amides is 1. The SMILES string of the molecule is NC(=O)OC(O)(C(N)=S)C(CO)c1ccccc1. The van der Waals surface area contributed by atoms with Crippen LogP contribution in [-0.4, -0.2) is 33.7 Å². The highest BCUT2D eigenvalue weighted by atomic mass is 32.1. The van der Waals surface area contributed by atoms with Crippen LogP contribution in [-0.2, 0) is 4.74 Å². The van der Waals surface area contributed by atoms with Crippen LogP contribution >= 0.6 is 12.2 Å². The zero-order valence-electron chi connectivity index (χ0n) is 9.45. The maximum absolute atomic E-state index is 10.8. The number of nitrogens with two attached hydrogens (primary N) is 2. The largest absolute Gasteiger partial charge is 0.409 e. The van der Waals surface area contributed by atoms with Gasteiger partial charge in [-0.2, -0.15) is 0 Å². The van der Waals surface area contributed by atoms with E-state index in [4.69, 9.17) is 11.5 Å². The molecule has 7 heteroatoms. The fraction of sp³-hybridized carbons (Fsp3) is 0.273. The zero-order valence-corrected chi connectivity index (χ0v) is 10.3. The second-order valence-electron chi connectivity index (χ2n) is 3.63. The van der Waals surface area contributed by atoms with E-state index in [0.29, 0.717) is 5.56 Å². The number of amides is 1. The summed E-state index contributed by atoms with van der Waals surface area (Å²) < 4.78 is 4.57. The smallest absolute Gasteiger partial charge is 0.407 e. The number of aliphatic hydroxyl groups excluding tert-OH is 1. The number of ether oxygens (including phenoxy) is 1. The van der Waals surface area contributed by atoms with E-state index in [1.165, 1.54) is 0 Å². The molecule has 1 amide bonds. The molecular weight excluding hydrogens is 256 g/mol. The Morgan fingerprint density at radius 1 is 1.39 bits per heavy atom. The topological polar surface area (TPSA) is 119 Å². The third kappa shape index (κ3) is 2.95. The van der Waals surface area contributed by atoms with Gasteiger partial charge in [0.2, 0.25) is 0 Å². The Bertz CT molecular complexity index is 440. The van der Waals surface area contributed by atoms with Crippen LogP contribution in [0.4, 0.5) is 4.79 Å². The number of hydrogen-bond acceptors (Lipinski definition) is 5. The van der Waals surface area contributed by atoms with Gasteiger partial charge in [0.25, 0.3) is 5.79 Å². The molecule has 2 atom stereocenters. The van der Waals surface area contributed by atoms with E-state index in [1.807, 2.05) is 0 Å². The minimum absolute atomic E-state index is 0.482. The summed E-state index contributed by atoms with van der Waals surface area (Å²) in [7, 11) is 0. The van der Waals surface area contributed by atoms with Gasteiger partial charge in [-0.05, 0) is 5.56 Å². The lowest BCUT2D eigenvalue weighted by Gasteiger charge is -2.32. The van der Waals surface area contributed by atoms with E-state index < -0.39 is 29.4 Å². The summed E-state index contributed by atoms with van der Waals surface area (Å²) in [4.78, 5) is 10.3. The van der Waals surface area contributed by atoms with Gasteiger partial charge in [0.1, 0.15) is 4.99 Å². The van der Waals surface area contributed by atoms with Crippen LogP contribution in [0.1, 0.15) is 11.5 Å². The van der Waals surface area contributed by atoms with Crippen molar-refractivity contribution in [1.29, 1.82) is 0 Å². The van der Waals surface area contributed by atoms with Crippen LogP contribution < -0.4 is 11.5 Å². The van der Waals surface area contributed by atoms with Crippen molar-refractivity contribution >= 4 is 23.3 Å². The quantitative estimate of drug-likeness (QED) is 0.436. The number of aliphatic hydroxyl groups is 2. The molecule has 1 aromatic rings. The van der Waals surface area contributed by atoms with Crippen LogP contribution in [0.3, 0.4) is 0 Å². The van der Waals surface area contributed by atoms with Crippen LogP contribution in [0, 0.1) is 0 Å². The third-order valence-corrected chi connectivity index (χ3v) is 2.76. The molecule has 6 N–H and O–H groups in total. The van der Waals surface area contributed by atoms with Crippen molar-refractivity contribution in [2.75, 3.05) is 6.61 Å². The predicted octanol–water partition coefficient (Wildman–Crippen LogP) is -0.167. The molecule has 18 heavy (non-hydrogen) atoms. The Morgan fingerprint density at radius 2 is 1.94 bits per heavy atom. The predicted molar refractivity (Wildman–Crippen MR) is 68.7 cm³/mol. The standard InChI is InChI=1S/C11H14N2O4S/c12-9(18)11(16,17-10(13)15)8(6-14)7-4-2-1-3-5-7/h1-5,8,14,16H,6H2,(H2,12,18)(H2,13,15). The number of carbonyl (C=O) groups is 1. The first-order valence-electron chi connectivity index (χ1n) is 5.08. The summed E-state index contributed by atoms with van der Waals surface area (Å²) in [5, 5.41) is 19.6. The third-order valence-electron chi connectivity index (χ3n) is 2.47. The maximum atomic E-state index is 10.8. The number of rotatable bonds is 5. The van der Waals surface area contributed by atoms with E-state index in [0.717, 1.165) is 0 Å². The van der Waals surface area contributed by atoms with Crippen molar-refractivity contribution in [2.24, 2.45) is 11.5 Å². The minimum Gasteiger partial charge on any atom is -0.409 e. The highest BCUT2D eigenvalue weighted by Crippen LogP contribution is 2.29. The molecule has 0 radical (unpaired) electrons. The summed E-state index contributed by atoms with van der Waals surface area (Å²) in [6.07, 6.45) is -1.24. The zero-order chi connectivity index (χ0) is 13.8. The Balaban J connectivity index is 3.17. The fourth-order valence-electron chi connectivity index (χ4n) is 1.59. The van der Waals surface area contributed by atoms with Gasteiger partial charge >= 0.3 is 6.09 Å². The van der Waals surface area contributed by atoms with E-state index >= 15 is 0 Å². The van der Waals surface area contributed by atoms with Crippen LogP contribution in [0.5, 0.6) is 0 Å². The lowest BCUT2D eigenvalue weighted by molar-refractivity contribution is -0.127. The molecule has 0 saturated carbocycles. The molecule has 0 fully saturated rings. The summed E-state index contributed by atoms with van der Waals surface area (Å²) in [6.45, 7) is -0.523. The van der Waals surface area contributed by atoms with Crippen molar-refractivity contribution in [2.45, 2.75) is 11.7 Å². The molecule has 1 rings (SSSR count). The van der Waals surface area contributed by atoms with Gasteiger partial charge in [-0.25, -0.2) is 4.79 Å². The lowest BCUT2D eigenvalue weighted by atomic mass is 9.91. The Labute approximate surface area is 109 Å². The molecule has 0 saturated heterocycles. The highest BCUT2D eigenvalue weighted by Gasteiger charge is 2.44. The summed E-state index contributed by atoms with van der Waals surface area (Å²) in [5.74, 6) is -3.33. The molecule has 0 heterocycles. The van der Waals surface area contributed by atoms with Gasteiger partial charge in [-0.1, -0.05) is 42.5 Å². The molecule has 0 bridgehead atoms. The first-order chi connectivity index (χ1) is 8.41. The number of hydrogen-bond donors (Lipinski definition) is 4. The van der Waals surface area contributed by atoms with Gasteiger partial charge < -0.3 is 26.4 Å². The molecule has 0 spiro atoms. The molecule has 6 nitrogen and oxygen atoms in total. The first-order valence-corrected chi connectivity index (χ1v) is 5.49. The van der Waals surface area contributed by atoms with Gasteiger partial charge in [-0.3, -0.25) is 0 Å². The number of thiocarbonyl (C=S) groups is 1. The summed E-state index contributed by atoms with van der Waals surface area (Å²) >= 11 is 4.68. The lowest BCUT2D eigenvalue weighted by Crippen LogP contribution is -2.53. The monoisotopic (exact) mass is 270 g/mol. The van der Waals surface area contributed by atoms with E-state index in [-0.39, 0.29) is 0 Å². The van der Waals surface area contributed by atoms with Crippen LogP contribution in [0.15, 0.2) is 30.3 Å². The van der Waals surface area contributed by atoms with E-state index in [2.05, 4.69) is 17.0 Å². The molecule has 0 aliphatic carbocycles. The Hall–Kier alpha value is -1.70. The molecule has 0 aliphatic heterocycles. The van der Waals surface area contributed by atoms with Crippen molar-refractivity contribution in [3.8, 4) is 0 Å². The van der Waals surface area contributed by atoms with Gasteiger partial charge in [0.05, 0.1) is 12.5 Å². The molecule has 98 valence electrons. The second-order valence-corrected chi connectivity index (χ2v) is 4.07. The average Bonchev–Trinajstić information content (AvgIpc) is 2.30. The fourth-order valence-corrected chi connectivity index (χ4v) is 1.77. The highest BCUT2D eigenvalue weighted by molar-refractivity contribution is 7.80. The second kappa shape index (κ2) is 5.76. The Kier molecular flexibility index (Phi) is 4.60. The number of carbonyl (C=O) groups excluding carboxylic acids is 1. The minimum atomic E-state index is -2.32. The first kappa shape index (κ1) is 14.4. The molecule has 0 aromatic heterocycles. The summed E-state index contributed by atoms with van der Waals surface area (Å²) in [6, 6.07) is 8.42. The van der Waals surface area contributed by atoms with Crippen molar-refractivity contribution in [3.63, 3.8) is 0 Å². The van der Waals surface area contributed by atoms with E-state index in [1.54, 1.807) is 30.3 Å². The molecule has 2 unspecified atom stereocenters. The maximum Gasteiger partial charge on any atom is 0.407 e. The Morgan fingerprint density at radius 3 is 2.33 bits per heavy atom. The van der Waals surface area contributed by atoms with Gasteiger partial charge in [-0.15, -0.1) is 0 Å². The number of benzene rings is 1. The normalized spacial score (nSPS) is 15.4. The van der Waals surface area contributed by atoms with Crippen LogP contribution in [0.25, 0.3) is 0 Å². The molecular formula is C11H14N2O4S. The molecule has 1 aromatic carbocycles. The van der Waals surface area contributed by atoms with Crippen molar-refractivity contribution in [1.82, 2.24) is 0 Å².